The monoisotopic (exact) mass is 310 g/mol. The highest BCUT2D eigenvalue weighted by Crippen LogP contribution is 2.22. The van der Waals surface area contributed by atoms with Crippen molar-refractivity contribution in [2.45, 2.75) is 31.0 Å². The van der Waals surface area contributed by atoms with E-state index in [9.17, 15) is 8.42 Å². The third-order valence-electron chi connectivity index (χ3n) is 3.33. The van der Waals surface area contributed by atoms with E-state index in [2.05, 4.69) is 11.9 Å². The first kappa shape index (κ1) is 16.0. The van der Waals surface area contributed by atoms with Crippen molar-refractivity contribution in [2.75, 3.05) is 25.0 Å². The molecule has 2 unspecified atom stereocenters. The maximum atomic E-state index is 12.6. The third kappa shape index (κ3) is 3.84. The maximum absolute atomic E-state index is 12.6. The van der Waals surface area contributed by atoms with Crippen LogP contribution in [0.25, 0.3) is 0 Å². The van der Waals surface area contributed by atoms with Gasteiger partial charge in [0.2, 0.25) is 10.0 Å². The molecule has 0 radical (unpaired) electrons. The second kappa shape index (κ2) is 6.60. The van der Waals surface area contributed by atoms with E-state index in [1.807, 2.05) is 13.8 Å². The molecule has 1 aliphatic rings. The van der Waals surface area contributed by atoms with E-state index in [0.29, 0.717) is 24.5 Å². The largest absolute Gasteiger partial charge is 0.382 e. The van der Waals surface area contributed by atoms with Gasteiger partial charge in [-0.15, -0.1) is 6.58 Å². The van der Waals surface area contributed by atoms with Gasteiger partial charge in [0.05, 0.1) is 17.1 Å². The van der Waals surface area contributed by atoms with Crippen molar-refractivity contribution in [1.29, 1.82) is 0 Å². The molecule has 1 heterocycles. The Kier molecular flexibility index (Phi) is 5.03. The van der Waals surface area contributed by atoms with Crippen LogP contribution in [-0.4, -0.2) is 44.6 Å². The van der Waals surface area contributed by atoms with Crippen molar-refractivity contribution >= 4 is 15.7 Å². The average Bonchev–Trinajstić information content (AvgIpc) is 2.44. The lowest BCUT2D eigenvalue weighted by molar-refractivity contribution is -0.0440. The average molecular weight is 310 g/mol. The fraction of sp³-hybridized carbons (Fsp3) is 0.467. The molecule has 6 heteroatoms. The van der Waals surface area contributed by atoms with Crippen LogP contribution in [0.1, 0.15) is 13.8 Å². The summed E-state index contributed by atoms with van der Waals surface area (Å²) < 4.78 is 32.4. The molecule has 0 aliphatic carbocycles. The smallest absolute Gasteiger partial charge is 0.243 e. The fourth-order valence-electron chi connectivity index (χ4n) is 2.41. The van der Waals surface area contributed by atoms with Crippen molar-refractivity contribution in [3.8, 4) is 0 Å². The van der Waals surface area contributed by atoms with Crippen LogP contribution in [-0.2, 0) is 14.8 Å². The van der Waals surface area contributed by atoms with Gasteiger partial charge < -0.3 is 10.1 Å². The van der Waals surface area contributed by atoms with E-state index in [0.717, 1.165) is 5.69 Å². The molecule has 1 N–H and O–H groups in total. The number of ether oxygens (including phenoxy) is 1. The standard InChI is InChI=1S/C15H22N2O3S/c1-4-9-16-14-5-7-15(8-6-14)21(18,19)17-10-12(2)20-13(3)11-17/h4-8,12-13,16H,1,9-11H2,2-3H3. The van der Waals surface area contributed by atoms with E-state index in [1.165, 1.54) is 4.31 Å². The number of nitrogens with one attached hydrogen (secondary N) is 1. The summed E-state index contributed by atoms with van der Waals surface area (Å²) >= 11 is 0. The molecule has 0 spiro atoms. The van der Waals surface area contributed by atoms with E-state index < -0.39 is 10.0 Å². The molecule has 2 rings (SSSR count). The van der Waals surface area contributed by atoms with E-state index in [4.69, 9.17) is 4.74 Å². The van der Waals surface area contributed by atoms with E-state index >= 15 is 0 Å². The van der Waals surface area contributed by atoms with Gasteiger partial charge >= 0.3 is 0 Å². The Labute approximate surface area is 126 Å². The summed E-state index contributed by atoms with van der Waals surface area (Å²) in [6, 6.07) is 6.80. The van der Waals surface area contributed by atoms with E-state index in [1.54, 1.807) is 30.3 Å². The second-order valence-corrected chi connectivity index (χ2v) is 7.21. The molecule has 1 aromatic carbocycles. The molecular formula is C15H22N2O3S. The predicted molar refractivity (Wildman–Crippen MR) is 83.9 cm³/mol. The minimum absolute atomic E-state index is 0.0861. The van der Waals surface area contributed by atoms with Crippen LogP contribution in [0.15, 0.2) is 41.8 Å². The molecule has 1 aliphatic heterocycles. The second-order valence-electron chi connectivity index (χ2n) is 5.27. The van der Waals surface area contributed by atoms with Crippen molar-refractivity contribution in [1.82, 2.24) is 4.31 Å². The zero-order chi connectivity index (χ0) is 15.5. The number of hydrogen-bond donors (Lipinski definition) is 1. The number of nitrogens with zero attached hydrogens (tertiary/aromatic N) is 1. The number of sulfonamides is 1. The van der Waals surface area contributed by atoms with Crippen molar-refractivity contribution < 1.29 is 13.2 Å². The van der Waals surface area contributed by atoms with Gasteiger partial charge in [-0.05, 0) is 38.1 Å². The molecule has 1 fully saturated rings. The molecule has 0 amide bonds. The quantitative estimate of drug-likeness (QED) is 0.846. The predicted octanol–water partition coefficient (Wildman–Crippen LogP) is 2.08. The van der Waals surface area contributed by atoms with Crippen molar-refractivity contribution in [3.05, 3.63) is 36.9 Å². The lowest BCUT2D eigenvalue weighted by Gasteiger charge is -2.34. The van der Waals surface area contributed by atoms with Crippen molar-refractivity contribution in [2.24, 2.45) is 0 Å². The summed E-state index contributed by atoms with van der Waals surface area (Å²) in [6.45, 7) is 8.84. The van der Waals surface area contributed by atoms with E-state index in [-0.39, 0.29) is 12.2 Å². The molecule has 1 saturated heterocycles. The van der Waals surface area contributed by atoms with Crippen LogP contribution in [0.3, 0.4) is 0 Å². The summed E-state index contributed by atoms with van der Waals surface area (Å²) in [6.07, 6.45) is 1.58. The van der Waals surface area contributed by atoms with Gasteiger partial charge in [-0.3, -0.25) is 0 Å². The van der Waals surface area contributed by atoms with Crippen LogP contribution in [0.5, 0.6) is 0 Å². The lowest BCUT2D eigenvalue weighted by Crippen LogP contribution is -2.48. The number of morpholine rings is 1. The maximum Gasteiger partial charge on any atom is 0.243 e. The Bertz CT molecular complexity index is 573. The van der Waals surface area contributed by atoms with Crippen LogP contribution >= 0.6 is 0 Å². The summed E-state index contributed by atoms with van der Waals surface area (Å²) in [5, 5.41) is 3.12. The Morgan fingerprint density at radius 2 is 1.86 bits per heavy atom. The molecule has 2 atom stereocenters. The Morgan fingerprint density at radius 1 is 1.29 bits per heavy atom. The number of anilines is 1. The molecule has 116 valence electrons. The topological polar surface area (TPSA) is 58.6 Å². The fourth-order valence-corrected chi connectivity index (χ4v) is 4.00. The summed E-state index contributed by atoms with van der Waals surface area (Å²) in [5.74, 6) is 0. The first-order valence-corrected chi connectivity index (χ1v) is 8.48. The first-order chi connectivity index (χ1) is 9.93. The van der Waals surface area contributed by atoms with Gasteiger partial charge in [0.15, 0.2) is 0 Å². The number of hydrogen-bond acceptors (Lipinski definition) is 4. The molecule has 5 nitrogen and oxygen atoms in total. The van der Waals surface area contributed by atoms with Crippen LogP contribution in [0.4, 0.5) is 5.69 Å². The van der Waals surface area contributed by atoms with Gasteiger partial charge in [-0.2, -0.15) is 4.31 Å². The Morgan fingerprint density at radius 3 is 2.38 bits per heavy atom. The van der Waals surface area contributed by atoms with Crippen molar-refractivity contribution in [3.63, 3.8) is 0 Å². The lowest BCUT2D eigenvalue weighted by atomic mass is 10.3. The molecule has 0 aromatic heterocycles. The highest BCUT2D eigenvalue weighted by atomic mass is 32.2. The summed E-state index contributed by atoms with van der Waals surface area (Å²) in [4.78, 5) is 0.313. The number of benzene rings is 1. The minimum Gasteiger partial charge on any atom is -0.382 e. The van der Waals surface area contributed by atoms with Gasteiger partial charge in [-0.25, -0.2) is 8.42 Å². The Hall–Kier alpha value is -1.37. The zero-order valence-electron chi connectivity index (χ0n) is 12.5. The molecular weight excluding hydrogens is 288 g/mol. The van der Waals surface area contributed by atoms with Gasteiger partial charge in [0.25, 0.3) is 0 Å². The molecule has 0 saturated carbocycles. The summed E-state index contributed by atoms with van der Waals surface area (Å²) in [5.41, 5.74) is 0.873. The van der Waals surface area contributed by atoms with Crippen LogP contribution in [0.2, 0.25) is 0 Å². The van der Waals surface area contributed by atoms with Gasteiger partial charge in [0.1, 0.15) is 0 Å². The van der Waals surface area contributed by atoms with Crippen LogP contribution in [0, 0.1) is 0 Å². The van der Waals surface area contributed by atoms with Crippen LogP contribution < -0.4 is 5.32 Å². The highest BCUT2D eigenvalue weighted by molar-refractivity contribution is 7.89. The molecule has 1 aromatic rings. The van der Waals surface area contributed by atoms with Gasteiger partial charge in [0, 0.05) is 25.3 Å². The normalized spacial score (nSPS) is 23.7. The third-order valence-corrected chi connectivity index (χ3v) is 5.17. The highest BCUT2D eigenvalue weighted by Gasteiger charge is 2.32. The molecule has 0 bridgehead atoms. The first-order valence-electron chi connectivity index (χ1n) is 7.04. The summed E-state index contributed by atoms with van der Waals surface area (Å²) in [7, 11) is -3.46. The zero-order valence-corrected chi connectivity index (χ0v) is 13.3. The molecule has 21 heavy (non-hydrogen) atoms. The SMILES string of the molecule is C=CCNc1ccc(S(=O)(=O)N2CC(C)OC(C)C2)cc1. The Balaban J connectivity index is 2.17. The minimum atomic E-state index is -3.46. The van der Waals surface area contributed by atoms with Gasteiger partial charge in [-0.1, -0.05) is 6.08 Å². The number of rotatable bonds is 5.